The van der Waals surface area contributed by atoms with Gasteiger partial charge in [0.1, 0.15) is 5.82 Å². The normalized spacial score (nSPS) is 13.8. The summed E-state index contributed by atoms with van der Waals surface area (Å²) < 4.78 is 15.0. The SMILES string of the molecule is Cc1cccc(-c2ccn(-c3cc(N4CCOCC4)nc(OCCc4cnn(CCO)c4)n3)n2)c1. The van der Waals surface area contributed by atoms with Gasteiger partial charge in [0.15, 0.2) is 5.82 Å². The topological polar surface area (TPSA) is 103 Å². The number of anilines is 1. The van der Waals surface area contributed by atoms with Crippen LogP contribution in [0.1, 0.15) is 11.1 Å². The summed E-state index contributed by atoms with van der Waals surface area (Å²) in [5, 5.41) is 18.1. The van der Waals surface area contributed by atoms with E-state index >= 15 is 0 Å². The summed E-state index contributed by atoms with van der Waals surface area (Å²) in [6, 6.07) is 12.5. The zero-order valence-corrected chi connectivity index (χ0v) is 19.7. The van der Waals surface area contributed by atoms with Gasteiger partial charge in [-0.05, 0) is 24.6 Å². The number of rotatable bonds is 9. The second-order valence-corrected chi connectivity index (χ2v) is 8.42. The van der Waals surface area contributed by atoms with Gasteiger partial charge in [-0.25, -0.2) is 4.68 Å². The first-order valence-corrected chi connectivity index (χ1v) is 11.8. The summed E-state index contributed by atoms with van der Waals surface area (Å²) in [5.74, 6) is 1.43. The molecular formula is C25H29N7O3. The van der Waals surface area contributed by atoms with Crippen molar-refractivity contribution in [3.8, 4) is 23.1 Å². The van der Waals surface area contributed by atoms with E-state index < -0.39 is 0 Å². The Balaban J connectivity index is 1.37. The van der Waals surface area contributed by atoms with E-state index in [1.165, 1.54) is 5.56 Å². The van der Waals surface area contributed by atoms with E-state index in [4.69, 9.17) is 19.7 Å². The van der Waals surface area contributed by atoms with Crippen LogP contribution in [0.3, 0.4) is 0 Å². The molecule has 1 aromatic carbocycles. The Hall–Kier alpha value is -3.76. The molecule has 35 heavy (non-hydrogen) atoms. The molecule has 10 nitrogen and oxygen atoms in total. The number of benzene rings is 1. The van der Waals surface area contributed by atoms with E-state index in [1.54, 1.807) is 15.6 Å². The molecule has 4 heterocycles. The summed E-state index contributed by atoms with van der Waals surface area (Å²) in [4.78, 5) is 11.5. The van der Waals surface area contributed by atoms with Crippen molar-refractivity contribution in [2.75, 3.05) is 44.4 Å². The molecule has 0 spiro atoms. The highest BCUT2D eigenvalue weighted by atomic mass is 16.5. The minimum Gasteiger partial charge on any atom is -0.463 e. The smallest absolute Gasteiger partial charge is 0.320 e. The van der Waals surface area contributed by atoms with E-state index in [-0.39, 0.29) is 6.61 Å². The Bertz CT molecular complexity index is 1260. The van der Waals surface area contributed by atoms with E-state index in [0.717, 1.165) is 35.7 Å². The van der Waals surface area contributed by atoms with Crippen molar-refractivity contribution in [3.63, 3.8) is 0 Å². The Morgan fingerprint density at radius 1 is 1.09 bits per heavy atom. The molecule has 0 saturated carbocycles. The van der Waals surface area contributed by atoms with E-state index in [2.05, 4.69) is 45.1 Å². The van der Waals surface area contributed by atoms with Crippen LogP contribution in [0, 0.1) is 6.92 Å². The first-order chi connectivity index (χ1) is 17.2. The predicted molar refractivity (Wildman–Crippen MR) is 131 cm³/mol. The first-order valence-electron chi connectivity index (χ1n) is 11.8. The van der Waals surface area contributed by atoms with Crippen LogP contribution >= 0.6 is 0 Å². The third-order valence-corrected chi connectivity index (χ3v) is 5.79. The van der Waals surface area contributed by atoms with Crippen molar-refractivity contribution < 1.29 is 14.6 Å². The van der Waals surface area contributed by atoms with Crippen molar-refractivity contribution >= 4 is 5.82 Å². The molecule has 0 radical (unpaired) electrons. The lowest BCUT2D eigenvalue weighted by Crippen LogP contribution is -2.37. The Morgan fingerprint density at radius 3 is 2.77 bits per heavy atom. The molecular weight excluding hydrogens is 446 g/mol. The minimum atomic E-state index is 0.0571. The van der Waals surface area contributed by atoms with Gasteiger partial charge in [-0.15, -0.1) is 0 Å². The Labute approximate surface area is 203 Å². The van der Waals surface area contributed by atoms with Gasteiger partial charge < -0.3 is 19.5 Å². The van der Waals surface area contributed by atoms with E-state index in [1.807, 2.05) is 30.6 Å². The zero-order chi connectivity index (χ0) is 24.0. The third-order valence-electron chi connectivity index (χ3n) is 5.79. The second-order valence-electron chi connectivity index (χ2n) is 8.42. The van der Waals surface area contributed by atoms with Crippen molar-refractivity contribution in [1.29, 1.82) is 0 Å². The highest BCUT2D eigenvalue weighted by Gasteiger charge is 2.17. The molecule has 3 aromatic heterocycles. The fourth-order valence-corrected chi connectivity index (χ4v) is 3.97. The van der Waals surface area contributed by atoms with Crippen LogP contribution in [0.5, 0.6) is 6.01 Å². The molecule has 1 aliphatic rings. The molecule has 1 aliphatic heterocycles. The van der Waals surface area contributed by atoms with Crippen LogP contribution in [0.25, 0.3) is 17.1 Å². The maximum Gasteiger partial charge on any atom is 0.320 e. The minimum absolute atomic E-state index is 0.0571. The summed E-state index contributed by atoms with van der Waals surface area (Å²) in [5.41, 5.74) is 4.15. The largest absolute Gasteiger partial charge is 0.463 e. The molecule has 182 valence electrons. The number of aromatic nitrogens is 6. The molecule has 4 aromatic rings. The fraction of sp³-hybridized carbons (Fsp3) is 0.360. The van der Waals surface area contributed by atoms with Crippen LogP contribution in [-0.2, 0) is 17.7 Å². The highest BCUT2D eigenvalue weighted by molar-refractivity contribution is 5.60. The summed E-state index contributed by atoms with van der Waals surface area (Å²) in [6.45, 7) is 5.84. The lowest BCUT2D eigenvalue weighted by Gasteiger charge is -2.28. The monoisotopic (exact) mass is 475 g/mol. The molecule has 1 fully saturated rings. The number of nitrogens with zero attached hydrogens (tertiary/aromatic N) is 7. The lowest BCUT2D eigenvalue weighted by molar-refractivity contribution is 0.122. The molecule has 1 N–H and O–H groups in total. The van der Waals surface area contributed by atoms with Crippen LogP contribution < -0.4 is 9.64 Å². The average Bonchev–Trinajstić information content (AvgIpc) is 3.55. The van der Waals surface area contributed by atoms with E-state index in [9.17, 15) is 0 Å². The van der Waals surface area contributed by atoms with Gasteiger partial charge in [-0.2, -0.15) is 20.2 Å². The lowest BCUT2D eigenvalue weighted by atomic mass is 10.1. The van der Waals surface area contributed by atoms with E-state index in [0.29, 0.717) is 44.6 Å². The number of hydrogen-bond acceptors (Lipinski definition) is 8. The number of morpholine rings is 1. The van der Waals surface area contributed by atoms with Gasteiger partial charge in [-0.1, -0.05) is 23.8 Å². The highest BCUT2D eigenvalue weighted by Crippen LogP contribution is 2.23. The molecule has 0 amide bonds. The third kappa shape index (κ3) is 5.67. The predicted octanol–water partition coefficient (Wildman–Crippen LogP) is 2.28. The molecule has 0 aliphatic carbocycles. The van der Waals surface area contributed by atoms with Gasteiger partial charge in [-0.3, -0.25) is 4.68 Å². The number of aliphatic hydroxyl groups is 1. The molecule has 5 rings (SSSR count). The number of ether oxygens (including phenoxy) is 2. The standard InChI is InChI=1S/C25H29N7O3/c1-19-3-2-4-21(15-19)22-5-7-32(29-22)24-16-23(30-9-13-34-14-10-30)27-25(28-24)35-12-6-20-17-26-31(18-20)8-11-33/h2-5,7,15-18,33H,6,8-14H2,1H3. The van der Waals surface area contributed by atoms with Crippen molar-refractivity contribution in [2.45, 2.75) is 19.9 Å². The quantitative estimate of drug-likeness (QED) is 0.393. The van der Waals surface area contributed by atoms with Crippen molar-refractivity contribution in [3.05, 3.63) is 66.1 Å². The van der Waals surface area contributed by atoms with Gasteiger partial charge in [0.25, 0.3) is 0 Å². The second kappa shape index (κ2) is 10.7. The average molecular weight is 476 g/mol. The number of hydrogen-bond donors (Lipinski definition) is 1. The molecule has 1 saturated heterocycles. The van der Waals surface area contributed by atoms with Crippen molar-refractivity contribution in [1.82, 2.24) is 29.5 Å². The zero-order valence-electron chi connectivity index (χ0n) is 19.7. The van der Waals surface area contributed by atoms with Gasteiger partial charge in [0.05, 0.1) is 44.9 Å². The Kier molecular flexibility index (Phi) is 7.01. The van der Waals surface area contributed by atoms with Crippen LogP contribution in [-0.4, -0.2) is 74.2 Å². The first kappa shape index (κ1) is 23.0. The number of aryl methyl sites for hydroxylation is 1. The number of aliphatic hydroxyl groups excluding tert-OH is 1. The fourth-order valence-electron chi connectivity index (χ4n) is 3.97. The Morgan fingerprint density at radius 2 is 1.94 bits per heavy atom. The molecule has 10 heteroatoms. The molecule has 0 bridgehead atoms. The van der Waals surface area contributed by atoms with Crippen LogP contribution in [0.15, 0.2) is 55.0 Å². The van der Waals surface area contributed by atoms with Gasteiger partial charge in [0.2, 0.25) is 0 Å². The molecule has 0 atom stereocenters. The molecule has 0 unspecified atom stereocenters. The maximum atomic E-state index is 9.06. The maximum absolute atomic E-state index is 9.06. The van der Waals surface area contributed by atoms with Gasteiger partial charge >= 0.3 is 6.01 Å². The summed E-state index contributed by atoms with van der Waals surface area (Å²) in [6.07, 6.45) is 6.26. The summed E-state index contributed by atoms with van der Waals surface area (Å²) >= 11 is 0. The van der Waals surface area contributed by atoms with Crippen LogP contribution in [0.2, 0.25) is 0 Å². The van der Waals surface area contributed by atoms with Crippen molar-refractivity contribution in [2.24, 2.45) is 0 Å². The van der Waals surface area contributed by atoms with Gasteiger partial charge in [0, 0.05) is 43.5 Å². The summed E-state index contributed by atoms with van der Waals surface area (Å²) in [7, 11) is 0. The van der Waals surface area contributed by atoms with Crippen LogP contribution in [0.4, 0.5) is 5.82 Å².